The van der Waals surface area contributed by atoms with Crippen molar-refractivity contribution in [2.24, 2.45) is 11.3 Å². The number of methoxy groups -OCH3 is 1. The molecule has 1 saturated carbocycles. The summed E-state index contributed by atoms with van der Waals surface area (Å²) in [6.45, 7) is 3.47. The van der Waals surface area contributed by atoms with Crippen LogP contribution >= 0.6 is 12.4 Å². The first-order valence-electron chi connectivity index (χ1n) is 8.92. The summed E-state index contributed by atoms with van der Waals surface area (Å²) in [5, 5.41) is 6.42. The predicted molar refractivity (Wildman–Crippen MR) is 100 cm³/mol. The number of ether oxygens (including phenoxy) is 2. The Kier molecular flexibility index (Phi) is 7.54. The average Bonchev–Trinajstić information content (AvgIpc) is 3.44. The summed E-state index contributed by atoms with van der Waals surface area (Å²) in [6, 6.07) is 7.97. The van der Waals surface area contributed by atoms with Crippen LogP contribution in [0.4, 0.5) is 0 Å². The Morgan fingerprint density at radius 2 is 2.00 bits per heavy atom. The molecule has 0 radical (unpaired) electrons. The first-order valence-corrected chi connectivity index (χ1v) is 8.92. The van der Waals surface area contributed by atoms with Crippen molar-refractivity contribution in [2.45, 2.75) is 32.2 Å². The van der Waals surface area contributed by atoms with Crippen molar-refractivity contribution in [3.05, 3.63) is 29.8 Å². The molecule has 0 aromatic heterocycles. The quantitative estimate of drug-likeness (QED) is 0.740. The minimum atomic E-state index is -0.413. The number of halogens is 1. The van der Waals surface area contributed by atoms with Crippen LogP contribution in [0.5, 0.6) is 5.75 Å². The van der Waals surface area contributed by atoms with Crippen molar-refractivity contribution in [2.75, 3.05) is 33.4 Å². The molecule has 1 amide bonds. The van der Waals surface area contributed by atoms with Crippen molar-refractivity contribution in [1.82, 2.24) is 10.6 Å². The number of rotatable bonds is 8. The number of amides is 1. The molecule has 0 unspecified atom stereocenters. The number of piperidine rings is 1. The lowest BCUT2D eigenvalue weighted by Crippen LogP contribution is -2.50. The number of hydrogen-bond acceptors (Lipinski definition) is 4. The van der Waals surface area contributed by atoms with Gasteiger partial charge in [0, 0.05) is 19.2 Å². The Hall–Kier alpha value is -1.30. The van der Waals surface area contributed by atoms with E-state index in [0.29, 0.717) is 19.1 Å². The maximum atomic E-state index is 12.8. The van der Waals surface area contributed by atoms with Crippen molar-refractivity contribution in [3.63, 3.8) is 0 Å². The maximum Gasteiger partial charge on any atom is 0.228 e. The number of para-hydroxylation sites is 1. The number of benzene rings is 1. The number of carbonyl (C=O) groups excluding carboxylic acids is 1. The molecule has 140 valence electrons. The number of carbonyl (C=O) groups is 1. The fourth-order valence-electron chi connectivity index (χ4n) is 3.26. The van der Waals surface area contributed by atoms with E-state index in [4.69, 9.17) is 9.47 Å². The summed E-state index contributed by atoms with van der Waals surface area (Å²) in [5.41, 5.74) is 0.622. The van der Waals surface area contributed by atoms with E-state index in [-0.39, 0.29) is 18.3 Å². The van der Waals surface area contributed by atoms with E-state index >= 15 is 0 Å². The van der Waals surface area contributed by atoms with Gasteiger partial charge in [-0.05, 0) is 50.8 Å². The molecule has 0 spiro atoms. The third kappa shape index (κ3) is 5.33. The SMILES string of the molecule is COCC1(C(=O)NCc2ccccc2OCC2CC2)CCNCC1.Cl. The molecular weight excluding hydrogens is 340 g/mol. The maximum absolute atomic E-state index is 12.8. The van der Waals surface area contributed by atoms with E-state index in [1.54, 1.807) is 7.11 Å². The topological polar surface area (TPSA) is 59.6 Å². The van der Waals surface area contributed by atoms with E-state index in [1.807, 2.05) is 24.3 Å². The number of nitrogens with one attached hydrogen (secondary N) is 2. The molecule has 1 saturated heterocycles. The first-order chi connectivity index (χ1) is 11.7. The monoisotopic (exact) mass is 368 g/mol. The lowest BCUT2D eigenvalue weighted by Gasteiger charge is -2.35. The van der Waals surface area contributed by atoms with Crippen molar-refractivity contribution in [1.29, 1.82) is 0 Å². The highest BCUT2D eigenvalue weighted by Gasteiger charge is 2.39. The van der Waals surface area contributed by atoms with E-state index in [0.717, 1.165) is 43.9 Å². The highest BCUT2D eigenvalue weighted by atomic mass is 35.5. The normalized spacial score (nSPS) is 18.9. The number of hydrogen-bond donors (Lipinski definition) is 2. The van der Waals surface area contributed by atoms with Gasteiger partial charge < -0.3 is 20.1 Å². The molecule has 1 aromatic rings. The Balaban J connectivity index is 0.00000225. The standard InChI is InChI=1S/C19H28N2O3.ClH/c1-23-14-19(8-10-20-11-9-19)18(22)21-12-16-4-2-3-5-17(16)24-13-15-6-7-15;/h2-5,15,20H,6-14H2,1H3,(H,21,22);1H. The van der Waals surface area contributed by atoms with Gasteiger partial charge in [-0.2, -0.15) is 0 Å². The molecule has 2 N–H and O–H groups in total. The summed E-state index contributed by atoms with van der Waals surface area (Å²) < 4.78 is 11.3. The van der Waals surface area contributed by atoms with Crippen LogP contribution in [-0.4, -0.2) is 39.3 Å². The highest BCUT2D eigenvalue weighted by molar-refractivity contribution is 5.85. The van der Waals surface area contributed by atoms with Gasteiger partial charge in [-0.1, -0.05) is 18.2 Å². The zero-order valence-corrected chi connectivity index (χ0v) is 15.7. The molecule has 0 bridgehead atoms. The van der Waals surface area contributed by atoms with E-state index in [2.05, 4.69) is 10.6 Å². The summed E-state index contributed by atoms with van der Waals surface area (Å²) in [7, 11) is 1.66. The molecule has 1 heterocycles. The predicted octanol–water partition coefficient (Wildman–Crippen LogP) is 2.53. The van der Waals surface area contributed by atoms with E-state index in [9.17, 15) is 4.79 Å². The Morgan fingerprint density at radius 1 is 1.28 bits per heavy atom. The second-order valence-electron chi connectivity index (χ2n) is 7.01. The third-order valence-corrected chi connectivity index (χ3v) is 5.05. The molecular formula is C19H29ClN2O3. The smallest absolute Gasteiger partial charge is 0.228 e. The van der Waals surface area contributed by atoms with E-state index in [1.165, 1.54) is 12.8 Å². The highest BCUT2D eigenvalue weighted by Crippen LogP contribution is 2.31. The van der Waals surface area contributed by atoms with Crippen LogP contribution in [0.3, 0.4) is 0 Å². The van der Waals surface area contributed by atoms with Crippen LogP contribution in [-0.2, 0) is 16.1 Å². The van der Waals surface area contributed by atoms with Crippen LogP contribution in [0, 0.1) is 11.3 Å². The van der Waals surface area contributed by atoms with Crippen LogP contribution in [0.2, 0.25) is 0 Å². The molecule has 2 aliphatic rings. The van der Waals surface area contributed by atoms with Gasteiger partial charge in [0.05, 0.1) is 18.6 Å². The van der Waals surface area contributed by atoms with Crippen LogP contribution in [0.15, 0.2) is 24.3 Å². The summed E-state index contributed by atoms with van der Waals surface area (Å²) in [6.07, 6.45) is 4.16. The molecule has 1 aliphatic heterocycles. The molecule has 25 heavy (non-hydrogen) atoms. The molecule has 1 aromatic carbocycles. The van der Waals surface area contributed by atoms with Gasteiger partial charge in [0.2, 0.25) is 5.91 Å². The van der Waals surface area contributed by atoms with Gasteiger partial charge in [0.15, 0.2) is 0 Å². The molecule has 5 nitrogen and oxygen atoms in total. The molecule has 3 rings (SSSR count). The van der Waals surface area contributed by atoms with Gasteiger partial charge in [-0.15, -0.1) is 12.4 Å². The second kappa shape index (κ2) is 9.41. The summed E-state index contributed by atoms with van der Waals surface area (Å²) in [5.74, 6) is 1.69. The van der Waals surface area contributed by atoms with Crippen LogP contribution < -0.4 is 15.4 Å². The van der Waals surface area contributed by atoms with Crippen LogP contribution in [0.25, 0.3) is 0 Å². The van der Waals surface area contributed by atoms with Gasteiger partial charge in [0.25, 0.3) is 0 Å². The fourth-order valence-corrected chi connectivity index (χ4v) is 3.26. The van der Waals surface area contributed by atoms with Gasteiger partial charge in [-0.3, -0.25) is 4.79 Å². The fraction of sp³-hybridized carbons (Fsp3) is 0.632. The van der Waals surface area contributed by atoms with Crippen molar-refractivity contribution >= 4 is 18.3 Å². The van der Waals surface area contributed by atoms with Gasteiger partial charge >= 0.3 is 0 Å². The minimum absolute atomic E-state index is 0. The first kappa shape index (κ1) is 20.0. The Labute approximate surface area is 156 Å². The van der Waals surface area contributed by atoms with Gasteiger partial charge in [0.1, 0.15) is 5.75 Å². The molecule has 1 aliphatic carbocycles. The van der Waals surface area contributed by atoms with E-state index < -0.39 is 5.41 Å². The average molecular weight is 369 g/mol. The molecule has 2 fully saturated rings. The lowest BCUT2D eigenvalue weighted by molar-refractivity contribution is -0.136. The van der Waals surface area contributed by atoms with Crippen LogP contribution in [0.1, 0.15) is 31.2 Å². The summed E-state index contributed by atoms with van der Waals surface area (Å²) in [4.78, 5) is 12.8. The largest absolute Gasteiger partial charge is 0.493 e. The zero-order chi connectivity index (χ0) is 16.8. The molecule has 6 heteroatoms. The minimum Gasteiger partial charge on any atom is -0.493 e. The third-order valence-electron chi connectivity index (χ3n) is 5.05. The second-order valence-corrected chi connectivity index (χ2v) is 7.01. The zero-order valence-electron chi connectivity index (χ0n) is 14.9. The van der Waals surface area contributed by atoms with Crippen molar-refractivity contribution in [3.8, 4) is 5.75 Å². The lowest BCUT2D eigenvalue weighted by atomic mass is 9.78. The van der Waals surface area contributed by atoms with Crippen molar-refractivity contribution < 1.29 is 14.3 Å². The molecule has 0 atom stereocenters. The summed E-state index contributed by atoms with van der Waals surface area (Å²) >= 11 is 0. The Bertz CT molecular complexity index is 552. The van der Waals surface area contributed by atoms with Gasteiger partial charge in [-0.25, -0.2) is 0 Å². The Morgan fingerprint density at radius 3 is 2.68 bits per heavy atom.